The molecule has 314 valence electrons. The number of pyridine rings is 1. The van der Waals surface area contributed by atoms with Crippen LogP contribution in [-0.2, 0) is 25.3 Å². The minimum absolute atomic E-state index is 0.0429. The number of quaternary nitrogens is 1. The minimum Gasteiger partial charge on any atom is -0.454 e. The first-order valence-corrected chi connectivity index (χ1v) is 22.4. The van der Waals surface area contributed by atoms with Gasteiger partial charge in [-0.15, -0.1) is 0 Å². The molecule has 3 unspecified atom stereocenters. The molecule has 0 radical (unpaired) electrons. The number of halogens is 1. The number of ether oxygens (including phenoxy) is 2. The molecule has 14 nitrogen and oxygen atoms in total. The van der Waals surface area contributed by atoms with E-state index < -0.39 is 16.9 Å². The van der Waals surface area contributed by atoms with Crippen LogP contribution in [0.4, 0.5) is 11.4 Å². The van der Waals surface area contributed by atoms with Gasteiger partial charge in [0.25, 0.3) is 5.91 Å². The summed E-state index contributed by atoms with van der Waals surface area (Å²) in [6.45, 7) is 8.34. The highest BCUT2D eigenvalue weighted by Crippen LogP contribution is 2.37. The number of benzene rings is 1. The Morgan fingerprint density at radius 3 is 2.68 bits per heavy atom. The van der Waals surface area contributed by atoms with Crippen LogP contribution in [0.15, 0.2) is 105 Å². The monoisotopic (exact) mass is 852 g/mol. The first-order valence-electron chi connectivity index (χ1n) is 20.9. The van der Waals surface area contributed by atoms with Gasteiger partial charge in [0.1, 0.15) is 17.0 Å². The molecule has 3 aromatic rings. The van der Waals surface area contributed by atoms with Crippen molar-refractivity contribution in [3.05, 3.63) is 100 Å². The van der Waals surface area contributed by atoms with Crippen molar-refractivity contribution in [3.8, 4) is 5.75 Å². The topological polar surface area (TPSA) is 172 Å². The molecule has 7 N–H and O–H groups in total. The smallest absolute Gasteiger partial charge is 0.275 e. The predicted molar refractivity (Wildman–Crippen MR) is 229 cm³/mol. The van der Waals surface area contributed by atoms with Gasteiger partial charge >= 0.3 is 0 Å². The SMILES string of the molecule is [NH3+]c1cc(S(=O)NC(=O)C2=C=C=C(N3CCN(CC4CC5=CC=C(Cl)CC5CN4C(=O)C4CNC4)CC3)C=C2Oc2cnc3[nH]ccc3c2)ccc1NCC1CCOCC1. The maximum absolute atomic E-state index is 13.8. The quantitative estimate of drug-likeness (QED) is 0.170. The van der Waals surface area contributed by atoms with E-state index in [2.05, 4.69) is 63.3 Å². The molecule has 3 atom stereocenters. The second kappa shape index (κ2) is 18.0. The molecule has 9 rings (SSSR count). The lowest BCUT2D eigenvalue weighted by Crippen LogP contribution is -2.60. The van der Waals surface area contributed by atoms with Crippen molar-refractivity contribution in [2.45, 2.75) is 36.6 Å². The molecule has 6 heterocycles. The van der Waals surface area contributed by atoms with Gasteiger partial charge in [0.05, 0.1) is 28.4 Å². The van der Waals surface area contributed by atoms with E-state index in [-0.39, 0.29) is 35.1 Å². The van der Waals surface area contributed by atoms with Crippen molar-refractivity contribution >= 4 is 56.8 Å². The third kappa shape index (κ3) is 9.05. The van der Waals surface area contributed by atoms with Gasteiger partial charge in [0.15, 0.2) is 22.4 Å². The third-order valence-electron chi connectivity index (χ3n) is 12.4. The minimum atomic E-state index is -1.88. The molecule has 4 saturated heterocycles. The summed E-state index contributed by atoms with van der Waals surface area (Å²) in [5.74, 6) is 1.17. The van der Waals surface area contributed by atoms with E-state index in [1.165, 1.54) is 5.57 Å². The van der Waals surface area contributed by atoms with Gasteiger partial charge < -0.3 is 40.6 Å². The fraction of sp³-hybridized carbons (Fsp3) is 0.432. The number of carbonyl (C=O) groups excluding carboxylic acids is 2. The van der Waals surface area contributed by atoms with Gasteiger partial charge in [-0.2, -0.15) is 0 Å². The van der Waals surface area contributed by atoms with E-state index in [9.17, 15) is 13.8 Å². The Labute approximate surface area is 356 Å². The van der Waals surface area contributed by atoms with E-state index in [0.717, 1.165) is 100.0 Å². The highest BCUT2D eigenvalue weighted by Gasteiger charge is 2.40. The van der Waals surface area contributed by atoms with Crippen molar-refractivity contribution in [1.29, 1.82) is 0 Å². The van der Waals surface area contributed by atoms with E-state index >= 15 is 0 Å². The van der Waals surface area contributed by atoms with Crippen molar-refractivity contribution in [2.24, 2.45) is 17.8 Å². The summed E-state index contributed by atoms with van der Waals surface area (Å²) in [6, 6.07) is 9.15. The van der Waals surface area contributed by atoms with E-state index in [1.54, 1.807) is 30.6 Å². The number of H-pyrrole nitrogens is 1. The molecule has 60 heavy (non-hydrogen) atoms. The fourth-order valence-electron chi connectivity index (χ4n) is 8.75. The fourth-order valence-corrected chi connectivity index (χ4v) is 9.83. The normalized spacial score (nSPS) is 23.1. The van der Waals surface area contributed by atoms with Crippen LogP contribution in [0.3, 0.4) is 0 Å². The van der Waals surface area contributed by atoms with Crippen LogP contribution in [0.5, 0.6) is 5.75 Å². The average molecular weight is 853 g/mol. The number of aromatic nitrogens is 2. The summed E-state index contributed by atoms with van der Waals surface area (Å²) in [6.07, 6.45) is 13.0. The van der Waals surface area contributed by atoms with Crippen LogP contribution >= 0.6 is 11.6 Å². The number of piperidine rings is 1. The number of anilines is 1. The lowest BCUT2D eigenvalue weighted by molar-refractivity contribution is -0.253. The number of hydrogen-bond acceptors (Lipinski definition) is 10. The molecule has 2 aliphatic carbocycles. The Balaban J connectivity index is 0.890. The second-order valence-corrected chi connectivity index (χ2v) is 18.1. The van der Waals surface area contributed by atoms with Crippen LogP contribution in [0, 0.1) is 17.8 Å². The molecular weight excluding hydrogens is 802 g/mol. The number of hydrogen-bond donors (Lipinski definition) is 5. The standard InChI is InChI=1S/C44H50ClN9O5S/c45-33-2-1-29-18-35(54(26-31(29)17-33)44(56)32-23-47-24-32)27-52-11-13-53(14-12-52)34-3-5-38(41(20-34)59-36-19-30-7-10-48-42(30)50-25-36)43(55)51-60(57)37-4-6-40(39(46)21-37)49-22-28-8-15-58-16-9-28/h1-2,4,6-7,10,19-21,25,28,31-32,35,47,49H,8-9,11-18,22-24,26-27,46H2,(H,48,50)(H,51,55)/p+1. The van der Waals surface area contributed by atoms with Crippen LogP contribution in [0.1, 0.15) is 25.7 Å². The zero-order valence-corrected chi connectivity index (χ0v) is 35.1. The highest BCUT2D eigenvalue weighted by atomic mass is 35.5. The first kappa shape index (κ1) is 40.5. The lowest BCUT2D eigenvalue weighted by Gasteiger charge is -2.47. The zero-order valence-electron chi connectivity index (χ0n) is 33.5. The Kier molecular flexibility index (Phi) is 12.1. The third-order valence-corrected chi connectivity index (χ3v) is 13.8. The molecule has 6 aliphatic rings. The summed E-state index contributed by atoms with van der Waals surface area (Å²) in [4.78, 5) is 42.3. The Morgan fingerprint density at radius 2 is 1.90 bits per heavy atom. The number of allylic oxidation sites excluding steroid dienone is 4. The molecule has 16 heteroatoms. The first-order chi connectivity index (χ1) is 29.2. The Hall–Kier alpha value is -4.95. The summed E-state index contributed by atoms with van der Waals surface area (Å²) in [5.41, 5.74) is 14.9. The van der Waals surface area contributed by atoms with Gasteiger partial charge in [-0.05, 0) is 67.7 Å². The predicted octanol–water partition coefficient (Wildman–Crippen LogP) is 3.46. The molecule has 0 spiro atoms. The van der Waals surface area contributed by atoms with Gasteiger partial charge in [-0.3, -0.25) is 19.2 Å². The molecule has 4 aliphatic heterocycles. The zero-order chi connectivity index (χ0) is 41.2. The van der Waals surface area contributed by atoms with E-state index in [1.807, 2.05) is 24.3 Å². The van der Waals surface area contributed by atoms with Crippen molar-refractivity contribution in [3.63, 3.8) is 0 Å². The number of nitrogens with zero attached hydrogens (tertiary/aromatic N) is 4. The summed E-state index contributed by atoms with van der Waals surface area (Å²) in [7, 11) is -1.88. The number of aromatic amines is 1. The van der Waals surface area contributed by atoms with Crippen molar-refractivity contribution in [1.82, 2.24) is 34.7 Å². The van der Waals surface area contributed by atoms with Crippen molar-refractivity contribution in [2.75, 3.05) is 77.4 Å². The molecule has 2 amide bonds. The highest BCUT2D eigenvalue weighted by molar-refractivity contribution is 7.83. The van der Waals surface area contributed by atoms with Crippen LogP contribution in [0.25, 0.3) is 11.0 Å². The molecule has 1 aromatic carbocycles. The summed E-state index contributed by atoms with van der Waals surface area (Å²) < 4.78 is 28.0. The maximum Gasteiger partial charge on any atom is 0.275 e. The number of nitrogens with one attached hydrogen (secondary N) is 4. The van der Waals surface area contributed by atoms with Gasteiger partial charge in [0, 0.05) is 113 Å². The second-order valence-electron chi connectivity index (χ2n) is 16.4. The molecular formula is C44H51ClN9O5S+. The molecule has 4 fully saturated rings. The van der Waals surface area contributed by atoms with E-state index in [0.29, 0.717) is 47.5 Å². The van der Waals surface area contributed by atoms with E-state index in [4.69, 9.17) is 21.1 Å². The number of fused-ring (bicyclic) bond motifs is 2. The summed E-state index contributed by atoms with van der Waals surface area (Å²) >= 11 is 6.43. The molecule has 0 saturated carbocycles. The molecule has 2 aromatic heterocycles. The van der Waals surface area contributed by atoms with Crippen molar-refractivity contribution < 1.29 is 29.0 Å². The van der Waals surface area contributed by atoms with Gasteiger partial charge in [0.2, 0.25) is 5.91 Å². The number of carbonyl (C=O) groups is 2. The maximum atomic E-state index is 13.8. The lowest BCUT2D eigenvalue weighted by atomic mass is 9.81. The number of amides is 2. The van der Waals surface area contributed by atoms with Gasteiger partial charge in [-0.25, -0.2) is 9.19 Å². The van der Waals surface area contributed by atoms with Crippen LogP contribution in [0.2, 0.25) is 0 Å². The van der Waals surface area contributed by atoms with Crippen LogP contribution < -0.4 is 25.8 Å². The average Bonchev–Trinajstić information content (AvgIpc) is 3.71. The summed E-state index contributed by atoms with van der Waals surface area (Å²) in [5, 5.41) is 8.43. The molecule has 0 bridgehead atoms. The number of likely N-dealkylation sites (tertiary alicyclic amines) is 1. The number of rotatable bonds is 12. The number of piperazine rings is 1. The van der Waals surface area contributed by atoms with Crippen LogP contribution in [-0.4, -0.2) is 119 Å². The van der Waals surface area contributed by atoms with Gasteiger partial charge in [-0.1, -0.05) is 29.0 Å². The Morgan fingerprint density at radius 1 is 1.07 bits per heavy atom. The largest absolute Gasteiger partial charge is 0.454 e. The Bertz CT molecular complexity index is 2380.